The zero-order valence-corrected chi connectivity index (χ0v) is 10.4. The van der Waals surface area contributed by atoms with Gasteiger partial charge in [-0.3, -0.25) is 4.79 Å². The summed E-state index contributed by atoms with van der Waals surface area (Å²) in [4.78, 5) is 15.9. The molecule has 0 bridgehead atoms. The van der Waals surface area contributed by atoms with E-state index in [0.29, 0.717) is 30.8 Å². The van der Waals surface area contributed by atoms with Crippen LogP contribution < -0.4 is 10.6 Å². The quantitative estimate of drug-likeness (QED) is 0.866. The topological polar surface area (TPSA) is 76.4 Å². The number of oxazole rings is 1. The van der Waals surface area contributed by atoms with Crippen LogP contribution in [0.15, 0.2) is 29.0 Å². The van der Waals surface area contributed by atoms with Crippen LogP contribution in [0.5, 0.6) is 0 Å². The molecule has 1 amide bonds. The van der Waals surface area contributed by atoms with Crippen LogP contribution in [-0.2, 0) is 9.53 Å². The van der Waals surface area contributed by atoms with Crippen molar-refractivity contribution in [3.8, 4) is 0 Å². The Morgan fingerprint density at radius 1 is 1.53 bits per heavy atom. The standard InChI is InChI=1S/C13H15N3O3/c17-13(6-10-7-14-3-4-18-10)16-9-1-2-11-12(5-9)19-8-15-11/h1-2,5,8,10,14H,3-4,6-7H2,(H,16,17). The normalized spacial score (nSPS) is 19.5. The fraction of sp³-hybridized carbons (Fsp3) is 0.385. The molecule has 1 aromatic carbocycles. The number of hydrogen-bond donors (Lipinski definition) is 2. The Hall–Kier alpha value is -1.92. The van der Waals surface area contributed by atoms with E-state index in [1.807, 2.05) is 12.1 Å². The maximum Gasteiger partial charge on any atom is 0.227 e. The lowest BCUT2D eigenvalue weighted by Crippen LogP contribution is -2.40. The van der Waals surface area contributed by atoms with Gasteiger partial charge in [-0.05, 0) is 12.1 Å². The van der Waals surface area contributed by atoms with Gasteiger partial charge in [0.15, 0.2) is 12.0 Å². The van der Waals surface area contributed by atoms with Crippen molar-refractivity contribution in [2.75, 3.05) is 25.0 Å². The van der Waals surface area contributed by atoms with E-state index in [1.54, 1.807) is 6.07 Å². The highest BCUT2D eigenvalue weighted by Crippen LogP contribution is 2.18. The van der Waals surface area contributed by atoms with Crippen LogP contribution in [0, 0.1) is 0 Å². The van der Waals surface area contributed by atoms with Gasteiger partial charge in [-0.25, -0.2) is 4.98 Å². The van der Waals surface area contributed by atoms with E-state index in [9.17, 15) is 4.79 Å². The number of aromatic nitrogens is 1. The predicted molar refractivity (Wildman–Crippen MR) is 69.9 cm³/mol. The monoisotopic (exact) mass is 261 g/mol. The highest BCUT2D eigenvalue weighted by molar-refractivity contribution is 5.92. The smallest absolute Gasteiger partial charge is 0.227 e. The minimum absolute atomic E-state index is 0.0530. The third-order valence-corrected chi connectivity index (χ3v) is 3.03. The van der Waals surface area contributed by atoms with Crippen LogP contribution in [0.1, 0.15) is 6.42 Å². The van der Waals surface area contributed by atoms with Crippen molar-refractivity contribution in [1.29, 1.82) is 0 Å². The SMILES string of the molecule is O=C(CC1CNCCO1)Nc1ccc2ncoc2c1. The van der Waals surface area contributed by atoms with Crippen LogP contribution in [0.3, 0.4) is 0 Å². The average Bonchev–Trinajstić information content (AvgIpc) is 2.87. The lowest BCUT2D eigenvalue weighted by Gasteiger charge is -2.23. The maximum absolute atomic E-state index is 11.9. The Morgan fingerprint density at radius 3 is 3.32 bits per heavy atom. The summed E-state index contributed by atoms with van der Waals surface area (Å²) in [5.41, 5.74) is 2.14. The van der Waals surface area contributed by atoms with Crippen LogP contribution in [0.25, 0.3) is 11.1 Å². The number of nitrogens with one attached hydrogen (secondary N) is 2. The second kappa shape index (κ2) is 5.38. The summed E-state index contributed by atoms with van der Waals surface area (Å²) < 4.78 is 10.7. The highest BCUT2D eigenvalue weighted by atomic mass is 16.5. The van der Waals surface area contributed by atoms with Crippen molar-refractivity contribution in [3.05, 3.63) is 24.6 Å². The lowest BCUT2D eigenvalue weighted by molar-refractivity contribution is -0.119. The molecule has 1 aromatic heterocycles. The first-order valence-electron chi connectivity index (χ1n) is 6.27. The van der Waals surface area contributed by atoms with Gasteiger partial charge in [0.2, 0.25) is 5.91 Å². The largest absolute Gasteiger partial charge is 0.443 e. The number of hydrogen-bond acceptors (Lipinski definition) is 5. The highest BCUT2D eigenvalue weighted by Gasteiger charge is 2.17. The number of rotatable bonds is 3. The molecule has 0 spiro atoms. The number of carbonyl (C=O) groups excluding carboxylic acids is 1. The summed E-state index contributed by atoms with van der Waals surface area (Å²) in [5, 5.41) is 6.03. The molecule has 2 aromatic rings. The van der Waals surface area contributed by atoms with Gasteiger partial charge in [0.25, 0.3) is 0 Å². The molecular weight excluding hydrogens is 246 g/mol. The second-order valence-electron chi connectivity index (χ2n) is 4.48. The Bertz CT molecular complexity index is 575. The number of nitrogens with zero attached hydrogens (tertiary/aromatic N) is 1. The summed E-state index contributed by atoms with van der Waals surface area (Å²) >= 11 is 0. The number of amides is 1. The van der Waals surface area contributed by atoms with Crippen LogP contribution in [0.4, 0.5) is 5.69 Å². The number of anilines is 1. The summed E-state index contributed by atoms with van der Waals surface area (Å²) in [5.74, 6) is -0.0624. The average molecular weight is 261 g/mol. The van der Waals surface area contributed by atoms with Crippen molar-refractivity contribution < 1.29 is 13.9 Å². The van der Waals surface area contributed by atoms with Gasteiger partial charge >= 0.3 is 0 Å². The Morgan fingerprint density at radius 2 is 2.47 bits per heavy atom. The van der Waals surface area contributed by atoms with E-state index in [4.69, 9.17) is 9.15 Å². The molecule has 0 saturated carbocycles. The zero-order chi connectivity index (χ0) is 13.1. The lowest BCUT2D eigenvalue weighted by atomic mass is 10.2. The van der Waals surface area contributed by atoms with Gasteiger partial charge in [0, 0.05) is 24.8 Å². The molecule has 1 fully saturated rings. The van der Waals surface area contributed by atoms with Crippen molar-refractivity contribution in [1.82, 2.24) is 10.3 Å². The van der Waals surface area contributed by atoms with E-state index in [2.05, 4.69) is 15.6 Å². The molecular formula is C13H15N3O3. The Labute approximate surface area is 110 Å². The molecule has 100 valence electrons. The van der Waals surface area contributed by atoms with E-state index < -0.39 is 0 Å². The van der Waals surface area contributed by atoms with Gasteiger partial charge in [0.05, 0.1) is 19.1 Å². The molecule has 2 heterocycles. The number of ether oxygens (including phenoxy) is 1. The third-order valence-electron chi connectivity index (χ3n) is 3.03. The molecule has 0 aliphatic carbocycles. The van der Waals surface area contributed by atoms with Crippen molar-refractivity contribution in [2.45, 2.75) is 12.5 Å². The van der Waals surface area contributed by atoms with Crippen LogP contribution >= 0.6 is 0 Å². The van der Waals surface area contributed by atoms with Crippen molar-refractivity contribution in [3.63, 3.8) is 0 Å². The molecule has 1 saturated heterocycles. The summed E-state index contributed by atoms with van der Waals surface area (Å²) in [7, 11) is 0. The molecule has 1 atom stereocenters. The minimum atomic E-state index is -0.0624. The molecule has 1 unspecified atom stereocenters. The Kier molecular flexibility index (Phi) is 3.43. The third kappa shape index (κ3) is 2.91. The van der Waals surface area contributed by atoms with E-state index in [0.717, 1.165) is 12.1 Å². The van der Waals surface area contributed by atoms with Gasteiger partial charge in [-0.15, -0.1) is 0 Å². The predicted octanol–water partition coefficient (Wildman–Crippen LogP) is 1.14. The second-order valence-corrected chi connectivity index (χ2v) is 4.48. The van der Waals surface area contributed by atoms with Gasteiger partial charge in [-0.2, -0.15) is 0 Å². The maximum atomic E-state index is 11.9. The number of carbonyl (C=O) groups is 1. The minimum Gasteiger partial charge on any atom is -0.443 e. The first-order chi connectivity index (χ1) is 9.31. The summed E-state index contributed by atoms with van der Waals surface area (Å²) in [6.45, 7) is 2.22. The van der Waals surface area contributed by atoms with E-state index >= 15 is 0 Å². The van der Waals surface area contributed by atoms with Gasteiger partial charge in [-0.1, -0.05) is 0 Å². The number of morpholine rings is 1. The molecule has 1 aliphatic rings. The molecule has 2 N–H and O–H groups in total. The van der Waals surface area contributed by atoms with Crippen molar-refractivity contribution >= 4 is 22.7 Å². The number of benzene rings is 1. The molecule has 3 rings (SSSR count). The number of fused-ring (bicyclic) bond motifs is 1. The fourth-order valence-electron chi connectivity index (χ4n) is 2.10. The fourth-order valence-corrected chi connectivity index (χ4v) is 2.10. The zero-order valence-electron chi connectivity index (χ0n) is 10.4. The van der Waals surface area contributed by atoms with Crippen LogP contribution in [-0.4, -0.2) is 36.7 Å². The first-order valence-corrected chi connectivity index (χ1v) is 6.27. The summed E-state index contributed by atoms with van der Waals surface area (Å²) in [6, 6.07) is 5.38. The van der Waals surface area contributed by atoms with Crippen LogP contribution in [0.2, 0.25) is 0 Å². The summed E-state index contributed by atoms with van der Waals surface area (Å²) in [6.07, 6.45) is 1.68. The van der Waals surface area contributed by atoms with Gasteiger partial charge in [0.1, 0.15) is 5.52 Å². The first kappa shape index (κ1) is 12.1. The van der Waals surface area contributed by atoms with Crippen molar-refractivity contribution in [2.24, 2.45) is 0 Å². The Balaban J connectivity index is 1.61. The van der Waals surface area contributed by atoms with Gasteiger partial charge < -0.3 is 19.8 Å². The molecule has 0 radical (unpaired) electrons. The van der Waals surface area contributed by atoms with E-state index in [1.165, 1.54) is 6.39 Å². The molecule has 6 heteroatoms. The molecule has 19 heavy (non-hydrogen) atoms. The molecule has 6 nitrogen and oxygen atoms in total. The molecule has 1 aliphatic heterocycles. The van der Waals surface area contributed by atoms with E-state index in [-0.39, 0.29) is 12.0 Å².